The molecule has 4 nitrogen and oxygen atoms in total. The fraction of sp³-hybridized carbons (Fsp3) is 0.400. The van der Waals surface area contributed by atoms with Gasteiger partial charge in [-0.3, -0.25) is 10.4 Å². The van der Waals surface area contributed by atoms with E-state index in [9.17, 15) is 0 Å². The summed E-state index contributed by atoms with van der Waals surface area (Å²) in [7, 11) is 0. The lowest BCUT2D eigenvalue weighted by Crippen LogP contribution is -2.44. The molecule has 50 valence electrons. The smallest absolute Gasteiger partial charge is 0.207 e. The van der Waals surface area contributed by atoms with Crippen molar-refractivity contribution < 1.29 is 0 Å². The zero-order valence-corrected chi connectivity index (χ0v) is 5.09. The first kappa shape index (κ1) is 6.10. The fourth-order valence-electron chi connectivity index (χ4n) is 0.666. The van der Waals surface area contributed by atoms with Gasteiger partial charge in [-0.05, 0) is 6.42 Å². The van der Waals surface area contributed by atoms with E-state index in [1.54, 1.807) is 6.20 Å². The largest absolute Gasteiger partial charge is 0.369 e. The molecule has 0 atom stereocenters. The Balaban J connectivity index is 2.50. The number of nitrogens with two attached hydrogens (primary N) is 1. The molecule has 0 aromatic heterocycles. The van der Waals surface area contributed by atoms with Crippen molar-refractivity contribution in [3.05, 3.63) is 12.3 Å². The third-order valence-electron chi connectivity index (χ3n) is 1.11. The van der Waals surface area contributed by atoms with Crippen LogP contribution < -0.4 is 11.2 Å². The van der Waals surface area contributed by atoms with Gasteiger partial charge in [0.1, 0.15) is 0 Å². The summed E-state index contributed by atoms with van der Waals surface area (Å²) in [4.78, 5) is 0. The molecule has 0 unspecified atom stereocenters. The van der Waals surface area contributed by atoms with Crippen molar-refractivity contribution in [1.29, 1.82) is 5.41 Å². The van der Waals surface area contributed by atoms with Crippen molar-refractivity contribution >= 4 is 5.96 Å². The molecule has 0 aromatic rings. The Morgan fingerprint density at radius 3 is 2.89 bits per heavy atom. The summed E-state index contributed by atoms with van der Waals surface area (Å²) >= 11 is 0. The molecule has 0 bridgehead atoms. The molecule has 0 aliphatic carbocycles. The molecule has 0 fully saturated rings. The maximum atomic E-state index is 6.98. The van der Waals surface area contributed by atoms with Crippen molar-refractivity contribution in [3.63, 3.8) is 0 Å². The number of hydrogen-bond donors (Lipinski definition) is 3. The van der Waals surface area contributed by atoms with E-state index in [1.165, 1.54) is 5.01 Å². The van der Waals surface area contributed by atoms with E-state index in [0.717, 1.165) is 13.0 Å². The van der Waals surface area contributed by atoms with Gasteiger partial charge in [-0.15, -0.1) is 0 Å². The molecule has 0 saturated carbocycles. The zero-order valence-electron chi connectivity index (χ0n) is 5.09. The topological polar surface area (TPSA) is 65.1 Å². The summed E-state index contributed by atoms with van der Waals surface area (Å²) in [6.45, 7) is 0.857. The van der Waals surface area contributed by atoms with Crippen molar-refractivity contribution in [2.45, 2.75) is 6.42 Å². The van der Waals surface area contributed by atoms with E-state index in [0.29, 0.717) is 0 Å². The lowest BCUT2D eigenvalue weighted by molar-refractivity contribution is 0.384. The minimum absolute atomic E-state index is 0.0333. The standard InChI is InChI=1S/C5H10N4/c6-5(7)9-4-2-1-3-8-9/h2,4,8H,1,3H2,(H3,6,7). The second kappa shape index (κ2) is 2.50. The second-order valence-electron chi connectivity index (χ2n) is 1.84. The molecule has 9 heavy (non-hydrogen) atoms. The van der Waals surface area contributed by atoms with E-state index in [4.69, 9.17) is 11.1 Å². The summed E-state index contributed by atoms with van der Waals surface area (Å²) in [6.07, 6.45) is 4.73. The molecule has 1 aliphatic heterocycles. The van der Waals surface area contributed by atoms with E-state index in [2.05, 4.69) is 5.43 Å². The molecule has 0 aromatic carbocycles. The molecule has 0 amide bonds. The van der Waals surface area contributed by atoms with Gasteiger partial charge >= 0.3 is 0 Å². The van der Waals surface area contributed by atoms with Crippen LogP contribution in [0.2, 0.25) is 0 Å². The third-order valence-corrected chi connectivity index (χ3v) is 1.11. The van der Waals surface area contributed by atoms with E-state index in [1.807, 2.05) is 6.08 Å². The maximum absolute atomic E-state index is 6.98. The summed E-state index contributed by atoms with van der Waals surface area (Å²) in [6, 6.07) is 0. The molecule has 0 saturated heterocycles. The lowest BCUT2D eigenvalue weighted by atomic mass is 10.4. The second-order valence-corrected chi connectivity index (χ2v) is 1.84. The summed E-state index contributed by atoms with van der Waals surface area (Å²) in [5, 5.41) is 8.47. The van der Waals surface area contributed by atoms with E-state index in [-0.39, 0.29) is 5.96 Å². The average molecular weight is 126 g/mol. The third kappa shape index (κ3) is 1.43. The molecule has 1 heterocycles. The number of nitrogens with one attached hydrogen (secondary N) is 2. The quantitative estimate of drug-likeness (QED) is 0.306. The molecule has 0 radical (unpaired) electrons. The number of rotatable bonds is 0. The predicted octanol–water partition coefficient (Wildman–Crippen LogP) is -0.396. The highest BCUT2D eigenvalue weighted by Crippen LogP contribution is 1.92. The van der Waals surface area contributed by atoms with Crippen LogP contribution in [-0.4, -0.2) is 17.5 Å². The van der Waals surface area contributed by atoms with Gasteiger partial charge in [-0.2, -0.15) is 0 Å². The minimum Gasteiger partial charge on any atom is -0.369 e. The Labute approximate surface area is 53.8 Å². The van der Waals surface area contributed by atoms with Gasteiger partial charge in [0, 0.05) is 12.7 Å². The van der Waals surface area contributed by atoms with Gasteiger partial charge in [0.05, 0.1) is 0 Å². The molecule has 4 heteroatoms. The van der Waals surface area contributed by atoms with E-state index >= 15 is 0 Å². The van der Waals surface area contributed by atoms with Gasteiger partial charge < -0.3 is 5.73 Å². The van der Waals surface area contributed by atoms with Crippen LogP contribution in [0, 0.1) is 5.41 Å². The van der Waals surface area contributed by atoms with Crippen molar-refractivity contribution in [1.82, 2.24) is 10.4 Å². The monoisotopic (exact) mass is 126 g/mol. The molecule has 4 N–H and O–H groups in total. The Kier molecular flexibility index (Phi) is 1.69. The van der Waals surface area contributed by atoms with Gasteiger partial charge in [0.2, 0.25) is 5.96 Å². The van der Waals surface area contributed by atoms with Gasteiger partial charge in [0.25, 0.3) is 0 Å². The predicted molar refractivity (Wildman–Crippen MR) is 35.5 cm³/mol. The van der Waals surface area contributed by atoms with Crippen LogP contribution in [0.1, 0.15) is 6.42 Å². The number of hydrogen-bond acceptors (Lipinski definition) is 2. The van der Waals surface area contributed by atoms with Gasteiger partial charge in [-0.1, -0.05) is 6.08 Å². The Bertz CT molecular complexity index is 140. The summed E-state index contributed by atoms with van der Waals surface area (Å²) in [5.74, 6) is 0.0333. The number of hydrazine groups is 1. The first-order valence-electron chi connectivity index (χ1n) is 2.84. The summed E-state index contributed by atoms with van der Waals surface area (Å²) in [5.41, 5.74) is 8.08. The van der Waals surface area contributed by atoms with Gasteiger partial charge in [0.15, 0.2) is 0 Å². The average Bonchev–Trinajstić information content (AvgIpc) is 1.90. The van der Waals surface area contributed by atoms with Crippen LogP contribution in [0.15, 0.2) is 12.3 Å². The van der Waals surface area contributed by atoms with Crippen molar-refractivity contribution in [2.24, 2.45) is 5.73 Å². The first-order chi connectivity index (χ1) is 4.30. The molecule has 0 spiro atoms. The Hall–Kier alpha value is -1.03. The van der Waals surface area contributed by atoms with Crippen LogP contribution in [-0.2, 0) is 0 Å². The summed E-state index contributed by atoms with van der Waals surface area (Å²) < 4.78 is 0. The molecule has 1 rings (SSSR count). The van der Waals surface area contributed by atoms with Gasteiger partial charge in [-0.25, -0.2) is 5.43 Å². The highest BCUT2D eigenvalue weighted by molar-refractivity contribution is 5.75. The fourth-order valence-corrected chi connectivity index (χ4v) is 0.666. The van der Waals surface area contributed by atoms with Crippen molar-refractivity contribution in [3.8, 4) is 0 Å². The molecule has 1 aliphatic rings. The normalized spacial score (nSPS) is 18.0. The number of nitrogens with zero attached hydrogens (tertiary/aromatic N) is 1. The lowest BCUT2D eigenvalue weighted by Gasteiger charge is -2.21. The van der Waals surface area contributed by atoms with Crippen LogP contribution in [0.4, 0.5) is 0 Å². The van der Waals surface area contributed by atoms with Crippen LogP contribution >= 0.6 is 0 Å². The molecular weight excluding hydrogens is 116 g/mol. The zero-order chi connectivity index (χ0) is 6.69. The van der Waals surface area contributed by atoms with Crippen molar-refractivity contribution in [2.75, 3.05) is 6.54 Å². The van der Waals surface area contributed by atoms with Crippen LogP contribution in [0.3, 0.4) is 0 Å². The highest BCUT2D eigenvalue weighted by Gasteiger charge is 2.02. The Morgan fingerprint density at radius 1 is 1.78 bits per heavy atom. The maximum Gasteiger partial charge on any atom is 0.207 e. The minimum atomic E-state index is 0.0333. The molecular formula is C5H10N4. The Morgan fingerprint density at radius 2 is 2.56 bits per heavy atom. The van der Waals surface area contributed by atoms with Crippen LogP contribution in [0.5, 0.6) is 0 Å². The van der Waals surface area contributed by atoms with E-state index < -0.39 is 0 Å². The number of guanidine groups is 1. The SMILES string of the molecule is N=C(N)N1C=CCCN1. The highest BCUT2D eigenvalue weighted by atomic mass is 15.5. The first-order valence-corrected chi connectivity index (χ1v) is 2.84. The van der Waals surface area contributed by atoms with Crippen LogP contribution in [0.25, 0.3) is 0 Å².